The van der Waals surface area contributed by atoms with Gasteiger partial charge in [-0.2, -0.15) is 18.2 Å². The van der Waals surface area contributed by atoms with E-state index in [1.807, 2.05) is 26.0 Å². The predicted octanol–water partition coefficient (Wildman–Crippen LogP) is 5.69. The third-order valence-electron chi connectivity index (χ3n) is 3.83. The topological polar surface area (TPSA) is 59.1 Å². The van der Waals surface area contributed by atoms with Crippen molar-refractivity contribution in [1.29, 1.82) is 0 Å². The quantitative estimate of drug-likeness (QED) is 0.568. The molecule has 0 radical (unpaired) electrons. The molecule has 0 fully saturated rings. The van der Waals surface area contributed by atoms with Crippen molar-refractivity contribution < 1.29 is 17.9 Å². The minimum atomic E-state index is -4.59. The molecule has 1 heterocycles. The van der Waals surface area contributed by atoms with Crippen LogP contribution in [0.15, 0.2) is 54.7 Å². The van der Waals surface area contributed by atoms with E-state index in [-0.39, 0.29) is 11.8 Å². The number of rotatable bonds is 6. The van der Waals surface area contributed by atoms with E-state index in [4.69, 9.17) is 4.74 Å². The maximum atomic E-state index is 13.4. The summed E-state index contributed by atoms with van der Waals surface area (Å²) in [6.45, 7) is 4.30. The lowest BCUT2D eigenvalue weighted by atomic mass is 10.2. The highest BCUT2D eigenvalue weighted by atomic mass is 19.4. The molecule has 1 aromatic heterocycles. The molecule has 2 N–H and O–H groups in total. The Morgan fingerprint density at radius 1 is 0.929 bits per heavy atom. The van der Waals surface area contributed by atoms with Crippen LogP contribution in [0.25, 0.3) is 0 Å². The Balaban J connectivity index is 1.88. The van der Waals surface area contributed by atoms with Gasteiger partial charge in [0.05, 0.1) is 6.61 Å². The number of halogens is 3. The third kappa shape index (κ3) is 4.91. The van der Waals surface area contributed by atoms with Gasteiger partial charge >= 0.3 is 6.18 Å². The second kappa shape index (κ2) is 8.16. The van der Waals surface area contributed by atoms with Crippen LogP contribution in [-0.4, -0.2) is 16.6 Å². The first-order chi connectivity index (χ1) is 13.3. The molecule has 0 unspecified atom stereocenters. The number of hydrogen-bond acceptors (Lipinski definition) is 5. The van der Waals surface area contributed by atoms with Crippen LogP contribution in [0.4, 0.5) is 36.3 Å². The van der Waals surface area contributed by atoms with Gasteiger partial charge in [0, 0.05) is 17.6 Å². The van der Waals surface area contributed by atoms with E-state index in [9.17, 15) is 13.2 Å². The van der Waals surface area contributed by atoms with E-state index in [1.165, 1.54) is 0 Å². The number of aryl methyl sites for hydroxylation is 1. The molecule has 28 heavy (non-hydrogen) atoms. The molecule has 0 atom stereocenters. The summed E-state index contributed by atoms with van der Waals surface area (Å²) in [7, 11) is 0. The third-order valence-corrected chi connectivity index (χ3v) is 3.83. The second-order valence-electron chi connectivity index (χ2n) is 6.03. The fourth-order valence-corrected chi connectivity index (χ4v) is 2.45. The van der Waals surface area contributed by atoms with E-state index in [0.29, 0.717) is 23.7 Å². The normalized spacial score (nSPS) is 11.2. The Bertz CT molecular complexity index is 926. The van der Waals surface area contributed by atoms with Crippen molar-refractivity contribution in [3.8, 4) is 5.75 Å². The molecule has 0 bridgehead atoms. The minimum absolute atomic E-state index is 0.0605. The van der Waals surface area contributed by atoms with Crippen molar-refractivity contribution in [2.24, 2.45) is 0 Å². The summed E-state index contributed by atoms with van der Waals surface area (Å²) >= 11 is 0. The minimum Gasteiger partial charge on any atom is -0.494 e. The molecule has 5 nitrogen and oxygen atoms in total. The van der Waals surface area contributed by atoms with Crippen LogP contribution in [-0.2, 0) is 6.18 Å². The van der Waals surface area contributed by atoms with Crippen LogP contribution < -0.4 is 15.4 Å². The monoisotopic (exact) mass is 388 g/mol. The number of aromatic nitrogens is 2. The lowest BCUT2D eigenvalue weighted by molar-refractivity contribution is -0.137. The molecule has 0 saturated heterocycles. The zero-order valence-corrected chi connectivity index (χ0v) is 15.3. The number of alkyl halides is 3. The Morgan fingerprint density at radius 2 is 1.54 bits per heavy atom. The first kappa shape index (κ1) is 19.5. The van der Waals surface area contributed by atoms with Gasteiger partial charge in [-0.3, -0.25) is 0 Å². The molecule has 0 saturated carbocycles. The highest BCUT2D eigenvalue weighted by molar-refractivity contribution is 5.63. The lowest BCUT2D eigenvalue weighted by Crippen LogP contribution is -2.12. The average Bonchev–Trinajstić information content (AvgIpc) is 2.65. The molecule has 0 spiro atoms. The SMILES string of the molecule is CCOc1ccc(Nc2nc(Nc3ccc(C)cc3)ncc2C(F)(F)F)cc1. The number of benzene rings is 2. The van der Waals surface area contributed by atoms with Crippen LogP contribution in [0.5, 0.6) is 5.75 Å². The van der Waals surface area contributed by atoms with Gasteiger partial charge in [-0.15, -0.1) is 0 Å². The summed E-state index contributed by atoms with van der Waals surface area (Å²) in [5.41, 5.74) is 1.25. The van der Waals surface area contributed by atoms with Gasteiger partial charge in [0.25, 0.3) is 0 Å². The van der Waals surface area contributed by atoms with E-state index >= 15 is 0 Å². The zero-order chi connectivity index (χ0) is 20.1. The summed E-state index contributed by atoms with van der Waals surface area (Å²) < 4.78 is 45.4. The molecule has 0 amide bonds. The van der Waals surface area contributed by atoms with Crippen molar-refractivity contribution in [3.05, 3.63) is 65.9 Å². The largest absolute Gasteiger partial charge is 0.494 e. The number of nitrogens with one attached hydrogen (secondary N) is 2. The zero-order valence-electron chi connectivity index (χ0n) is 15.3. The van der Waals surface area contributed by atoms with Gasteiger partial charge in [-0.25, -0.2) is 4.98 Å². The van der Waals surface area contributed by atoms with Gasteiger partial charge < -0.3 is 15.4 Å². The smallest absolute Gasteiger partial charge is 0.421 e. The number of hydrogen-bond donors (Lipinski definition) is 2. The molecular weight excluding hydrogens is 369 g/mol. The second-order valence-corrected chi connectivity index (χ2v) is 6.03. The molecule has 3 rings (SSSR count). The van der Waals surface area contributed by atoms with Crippen LogP contribution in [0.3, 0.4) is 0 Å². The Labute approximate surface area is 160 Å². The molecular formula is C20H19F3N4O. The van der Waals surface area contributed by atoms with Gasteiger partial charge in [0.2, 0.25) is 5.95 Å². The van der Waals surface area contributed by atoms with Crippen LogP contribution in [0.2, 0.25) is 0 Å². The first-order valence-corrected chi connectivity index (χ1v) is 8.63. The average molecular weight is 388 g/mol. The highest BCUT2D eigenvalue weighted by Gasteiger charge is 2.35. The van der Waals surface area contributed by atoms with Gasteiger partial charge in [0.15, 0.2) is 0 Å². The summed E-state index contributed by atoms with van der Waals surface area (Å²) in [5.74, 6) is 0.361. The summed E-state index contributed by atoms with van der Waals surface area (Å²) in [6.07, 6.45) is -3.82. The van der Waals surface area contributed by atoms with E-state index in [0.717, 1.165) is 11.8 Å². The summed E-state index contributed by atoms with van der Waals surface area (Å²) in [4.78, 5) is 7.83. The van der Waals surface area contributed by atoms with Crippen LogP contribution in [0, 0.1) is 6.92 Å². The summed E-state index contributed by atoms with van der Waals surface area (Å²) in [6, 6.07) is 14.0. The highest BCUT2D eigenvalue weighted by Crippen LogP contribution is 2.35. The number of ether oxygens (including phenoxy) is 1. The number of anilines is 4. The molecule has 2 aromatic carbocycles. The Morgan fingerprint density at radius 3 is 2.14 bits per heavy atom. The van der Waals surface area contributed by atoms with Crippen molar-refractivity contribution in [3.63, 3.8) is 0 Å². The van der Waals surface area contributed by atoms with E-state index < -0.39 is 11.7 Å². The molecule has 0 aliphatic rings. The van der Waals surface area contributed by atoms with Gasteiger partial charge in [0.1, 0.15) is 17.1 Å². The Hall–Kier alpha value is -3.29. The van der Waals surface area contributed by atoms with Gasteiger partial charge in [-0.1, -0.05) is 17.7 Å². The first-order valence-electron chi connectivity index (χ1n) is 8.63. The fourth-order valence-electron chi connectivity index (χ4n) is 2.45. The van der Waals surface area contributed by atoms with Crippen molar-refractivity contribution in [2.45, 2.75) is 20.0 Å². The maximum Gasteiger partial charge on any atom is 0.421 e. The van der Waals surface area contributed by atoms with E-state index in [1.54, 1.807) is 36.4 Å². The van der Waals surface area contributed by atoms with Crippen LogP contribution >= 0.6 is 0 Å². The molecule has 8 heteroatoms. The molecule has 0 aliphatic carbocycles. The Kier molecular flexibility index (Phi) is 5.67. The fraction of sp³-hybridized carbons (Fsp3) is 0.200. The van der Waals surface area contributed by atoms with Crippen molar-refractivity contribution in [1.82, 2.24) is 9.97 Å². The number of nitrogens with zero attached hydrogens (tertiary/aromatic N) is 2. The maximum absolute atomic E-state index is 13.4. The lowest BCUT2D eigenvalue weighted by Gasteiger charge is -2.15. The predicted molar refractivity (Wildman–Crippen MR) is 102 cm³/mol. The molecule has 146 valence electrons. The van der Waals surface area contributed by atoms with E-state index in [2.05, 4.69) is 20.6 Å². The van der Waals surface area contributed by atoms with Crippen molar-refractivity contribution >= 4 is 23.1 Å². The molecule has 0 aliphatic heterocycles. The van der Waals surface area contributed by atoms with Crippen molar-refractivity contribution in [2.75, 3.05) is 17.2 Å². The summed E-state index contributed by atoms with van der Waals surface area (Å²) in [5, 5.41) is 5.63. The standard InChI is InChI=1S/C20H19F3N4O/c1-3-28-16-10-8-14(9-11-16)25-18-17(20(21,22)23)12-24-19(27-18)26-15-6-4-13(2)5-7-15/h4-12H,3H2,1-2H3,(H2,24,25,26,27). The molecule has 3 aromatic rings. The van der Waals surface area contributed by atoms with Gasteiger partial charge in [-0.05, 0) is 50.2 Å². The van der Waals surface area contributed by atoms with Crippen LogP contribution in [0.1, 0.15) is 18.1 Å².